The average molecular weight is 291 g/mol. The summed E-state index contributed by atoms with van der Waals surface area (Å²) in [6, 6.07) is 7.84. The van der Waals surface area contributed by atoms with Gasteiger partial charge in [-0.3, -0.25) is 0 Å². The summed E-state index contributed by atoms with van der Waals surface area (Å²) in [4.78, 5) is 0. The minimum absolute atomic E-state index is 0.440. The fourth-order valence-electron chi connectivity index (χ4n) is 2.21. The minimum atomic E-state index is 0.440. The second kappa shape index (κ2) is 5.64. The molecule has 1 aromatic carbocycles. The molecule has 0 spiro atoms. The summed E-state index contributed by atoms with van der Waals surface area (Å²) in [6.07, 6.45) is 1.73. The number of aromatic nitrogens is 3. The van der Waals surface area contributed by atoms with Gasteiger partial charge in [-0.25, -0.2) is 0 Å². The molecule has 0 aliphatic rings. The molecular formula is C14H15ClN4O. The largest absolute Gasteiger partial charge is 0.444 e. The van der Waals surface area contributed by atoms with Crippen LogP contribution in [0.15, 0.2) is 35.0 Å². The summed E-state index contributed by atoms with van der Waals surface area (Å²) < 4.78 is 7.53. The molecule has 2 heterocycles. The molecule has 0 aliphatic heterocycles. The SMILES string of the molecule is CCn1cnnc1CNCc1c(Cl)oc2ccccc12. The van der Waals surface area contributed by atoms with E-state index in [1.165, 1.54) is 0 Å². The molecule has 0 atom stereocenters. The topological polar surface area (TPSA) is 55.9 Å². The van der Waals surface area contributed by atoms with Crippen molar-refractivity contribution in [3.63, 3.8) is 0 Å². The van der Waals surface area contributed by atoms with Crippen LogP contribution >= 0.6 is 11.6 Å². The molecule has 5 nitrogen and oxygen atoms in total. The van der Waals surface area contributed by atoms with Gasteiger partial charge in [-0.2, -0.15) is 0 Å². The zero-order valence-corrected chi connectivity index (χ0v) is 11.9. The second-order valence-electron chi connectivity index (χ2n) is 4.49. The van der Waals surface area contributed by atoms with Gasteiger partial charge >= 0.3 is 0 Å². The number of halogens is 1. The minimum Gasteiger partial charge on any atom is -0.444 e. The molecule has 0 amide bonds. The second-order valence-corrected chi connectivity index (χ2v) is 4.83. The smallest absolute Gasteiger partial charge is 0.199 e. The Labute approximate surface area is 121 Å². The van der Waals surface area contributed by atoms with E-state index in [1.54, 1.807) is 6.33 Å². The fourth-order valence-corrected chi connectivity index (χ4v) is 2.46. The van der Waals surface area contributed by atoms with Crippen LogP contribution in [0.3, 0.4) is 0 Å². The molecule has 2 aromatic heterocycles. The van der Waals surface area contributed by atoms with E-state index in [2.05, 4.69) is 22.4 Å². The average Bonchev–Trinajstić information content (AvgIpc) is 3.03. The maximum atomic E-state index is 6.15. The zero-order chi connectivity index (χ0) is 13.9. The molecule has 104 valence electrons. The first-order valence-corrected chi connectivity index (χ1v) is 6.90. The van der Waals surface area contributed by atoms with Crippen molar-refractivity contribution in [1.29, 1.82) is 0 Å². The van der Waals surface area contributed by atoms with Gasteiger partial charge in [0.25, 0.3) is 0 Å². The van der Waals surface area contributed by atoms with E-state index in [-0.39, 0.29) is 0 Å². The lowest BCUT2D eigenvalue weighted by Gasteiger charge is -2.05. The van der Waals surface area contributed by atoms with Gasteiger partial charge in [0.15, 0.2) is 5.22 Å². The summed E-state index contributed by atoms with van der Waals surface area (Å²) in [7, 11) is 0. The van der Waals surface area contributed by atoms with Gasteiger partial charge in [0.05, 0.1) is 6.54 Å². The molecule has 0 aliphatic carbocycles. The maximum absolute atomic E-state index is 6.15. The van der Waals surface area contributed by atoms with E-state index in [0.717, 1.165) is 28.9 Å². The summed E-state index contributed by atoms with van der Waals surface area (Å²) >= 11 is 6.15. The number of rotatable bonds is 5. The number of hydrogen-bond donors (Lipinski definition) is 1. The van der Waals surface area contributed by atoms with Crippen LogP contribution in [-0.2, 0) is 19.6 Å². The Balaban J connectivity index is 1.73. The van der Waals surface area contributed by atoms with Crippen molar-refractivity contribution in [2.45, 2.75) is 26.6 Å². The highest BCUT2D eigenvalue weighted by Crippen LogP contribution is 2.29. The van der Waals surface area contributed by atoms with Crippen molar-refractivity contribution in [2.24, 2.45) is 0 Å². The highest BCUT2D eigenvalue weighted by molar-refractivity contribution is 6.30. The van der Waals surface area contributed by atoms with Crippen molar-refractivity contribution in [1.82, 2.24) is 20.1 Å². The highest BCUT2D eigenvalue weighted by Gasteiger charge is 2.12. The number of nitrogens with zero attached hydrogens (tertiary/aromatic N) is 3. The van der Waals surface area contributed by atoms with Gasteiger partial charge in [0.2, 0.25) is 0 Å². The van der Waals surface area contributed by atoms with Gasteiger partial charge in [-0.15, -0.1) is 10.2 Å². The predicted octanol–water partition coefficient (Wildman–Crippen LogP) is 2.99. The summed E-state index contributed by atoms with van der Waals surface area (Å²) in [6.45, 7) is 4.20. The van der Waals surface area contributed by atoms with Crippen LogP contribution in [-0.4, -0.2) is 14.8 Å². The van der Waals surface area contributed by atoms with Crippen LogP contribution in [0.4, 0.5) is 0 Å². The molecule has 0 radical (unpaired) electrons. The van der Waals surface area contributed by atoms with Crippen LogP contribution in [0, 0.1) is 0 Å². The van der Waals surface area contributed by atoms with Gasteiger partial charge in [0, 0.05) is 24.0 Å². The lowest BCUT2D eigenvalue weighted by atomic mass is 10.2. The van der Waals surface area contributed by atoms with E-state index in [0.29, 0.717) is 18.3 Å². The predicted molar refractivity (Wildman–Crippen MR) is 77.5 cm³/mol. The highest BCUT2D eigenvalue weighted by atomic mass is 35.5. The monoisotopic (exact) mass is 290 g/mol. The molecule has 0 fully saturated rings. The van der Waals surface area contributed by atoms with Crippen LogP contribution in [0.2, 0.25) is 5.22 Å². The number of nitrogens with one attached hydrogen (secondary N) is 1. The number of furan rings is 1. The Morgan fingerprint density at radius 1 is 1.30 bits per heavy atom. The van der Waals surface area contributed by atoms with Crippen LogP contribution in [0.5, 0.6) is 0 Å². The Kier molecular flexibility index (Phi) is 3.71. The fraction of sp³-hybridized carbons (Fsp3) is 0.286. The Bertz CT molecular complexity index is 719. The number of aryl methyl sites for hydroxylation is 1. The first-order chi connectivity index (χ1) is 9.79. The first kappa shape index (κ1) is 13.1. The third-order valence-corrected chi connectivity index (χ3v) is 3.58. The van der Waals surface area contributed by atoms with Gasteiger partial charge in [-0.05, 0) is 24.6 Å². The number of para-hydroxylation sites is 1. The molecule has 0 saturated heterocycles. The van der Waals surface area contributed by atoms with Crippen molar-refractivity contribution in [3.05, 3.63) is 47.2 Å². The Morgan fingerprint density at radius 3 is 3.00 bits per heavy atom. The lowest BCUT2D eigenvalue weighted by molar-refractivity contribution is 0.590. The van der Waals surface area contributed by atoms with E-state index in [1.807, 2.05) is 28.8 Å². The Hall–Kier alpha value is -1.85. The normalized spacial score (nSPS) is 11.3. The number of fused-ring (bicyclic) bond motifs is 1. The molecular weight excluding hydrogens is 276 g/mol. The molecule has 0 bridgehead atoms. The Morgan fingerprint density at radius 2 is 2.15 bits per heavy atom. The summed E-state index contributed by atoms with van der Waals surface area (Å²) in [5, 5.41) is 12.8. The molecule has 1 N–H and O–H groups in total. The van der Waals surface area contributed by atoms with Crippen LogP contribution in [0.25, 0.3) is 11.0 Å². The number of hydrogen-bond acceptors (Lipinski definition) is 4. The summed E-state index contributed by atoms with van der Waals surface area (Å²) in [5.74, 6) is 0.913. The molecule has 0 saturated carbocycles. The number of benzene rings is 1. The lowest BCUT2D eigenvalue weighted by Crippen LogP contribution is -2.16. The molecule has 3 rings (SSSR count). The van der Waals surface area contributed by atoms with Crippen LogP contribution < -0.4 is 5.32 Å². The maximum Gasteiger partial charge on any atom is 0.199 e. The van der Waals surface area contributed by atoms with Crippen molar-refractivity contribution in [2.75, 3.05) is 0 Å². The standard InChI is InChI=1S/C14H15ClN4O/c1-2-19-9-17-18-13(19)8-16-7-11-10-5-3-4-6-12(10)20-14(11)15/h3-6,9,16H,2,7-8H2,1H3. The van der Waals surface area contributed by atoms with E-state index >= 15 is 0 Å². The van der Waals surface area contributed by atoms with Gasteiger partial charge in [0.1, 0.15) is 17.7 Å². The van der Waals surface area contributed by atoms with Crippen molar-refractivity contribution < 1.29 is 4.42 Å². The van der Waals surface area contributed by atoms with Crippen molar-refractivity contribution >= 4 is 22.6 Å². The van der Waals surface area contributed by atoms with Crippen molar-refractivity contribution in [3.8, 4) is 0 Å². The third-order valence-electron chi connectivity index (χ3n) is 3.27. The zero-order valence-electron chi connectivity index (χ0n) is 11.1. The molecule has 3 aromatic rings. The van der Waals surface area contributed by atoms with E-state index < -0.39 is 0 Å². The third kappa shape index (κ3) is 2.42. The van der Waals surface area contributed by atoms with Gasteiger partial charge in [-0.1, -0.05) is 18.2 Å². The summed E-state index contributed by atoms with van der Waals surface area (Å²) in [5.41, 5.74) is 1.79. The van der Waals surface area contributed by atoms with E-state index in [9.17, 15) is 0 Å². The van der Waals surface area contributed by atoms with E-state index in [4.69, 9.17) is 16.0 Å². The molecule has 0 unspecified atom stereocenters. The van der Waals surface area contributed by atoms with Crippen LogP contribution in [0.1, 0.15) is 18.3 Å². The first-order valence-electron chi connectivity index (χ1n) is 6.53. The quantitative estimate of drug-likeness (QED) is 0.785. The van der Waals surface area contributed by atoms with Gasteiger partial charge < -0.3 is 14.3 Å². The molecule has 6 heteroatoms. The molecule has 20 heavy (non-hydrogen) atoms.